The lowest BCUT2D eigenvalue weighted by Gasteiger charge is -2.21. The molecule has 2 N–H and O–H groups in total. The van der Waals surface area contributed by atoms with Gasteiger partial charge in [0.25, 0.3) is 5.91 Å². The Morgan fingerprint density at radius 1 is 1.38 bits per heavy atom. The number of rotatable bonds is 5. The van der Waals surface area contributed by atoms with Crippen LogP contribution in [0.5, 0.6) is 0 Å². The summed E-state index contributed by atoms with van der Waals surface area (Å²) in [7, 11) is 0. The molecule has 0 atom stereocenters. The molecule has 0 radical (unpaired) electrons. The minimum absolute atomic E-state index is 0. The van der Waals surface area contributed by atoms with Gasteiger partial charge in [-0.2, -0.15) is 0 Å². The lowest BCUT2D eigenvalue weighted by molar-refractivity contribution is 0.0747. The normalized spacial score (nSPS) is 10.0. The number of halogens is 1. The van der Waals surface area contributed by atoms with E-state index in [1.807, 2.05) is 19.1 Å². The van der Waals surface area contributed by atoms with Crippen LogP contribution in [-0.2, 0) is 13.1 Å². The summed E-state index contributed by atoms with van der Waals surface area (Å²) in [6.07, 6.45) is 0. The third-order valence-corrected chi connectivity index (χ3v) is 4.11. The number of nitrogens with zero attached hydrogens (tertiary/aromatic N) is 2. The second kappa shape index (κ2) is 8.12. The minimum Gasteiger partial charge on any atom is -0.333 e. The van der Waals surface area contributed by atoms with Crippen LogP contribution in [0.1, 0.15) is 33.5 Å². The van der Waals surface area contributed by atoms with Crippen LogP contribution in [0.2, 0.25) is 0 Å². The summed E-state index contributed by atoms with van der Waals surface area (Å²) in [6, 6.07) is 8.11. The van der Waals surface area contributed by atoms with Gasteiger partial charge in [0.05, 0.1) is 0 Å². The van der Waals surface area contributed by atoms with Gasteiger partial charge >= 0.3 is 0 Å². The molecule has 0 unspecified atom stereocenters. The van der Waals surface area contributed by atoms with Crippen molar-refractivity contribution in [1.82, 2.24) is 9.88 Å². The summed E-state index contributed by atoms with van der Waals surface area (Å²) in [5, 5.41) is 2.57. The lowest BCUT2D eigenvalue weighted by Crippen LogP contribution is -2.30. The number of hydrogen-bond acceptors (Lipinski definition) is 4. The molecule has 0 aliphatic heterocycles. The molecule has 1 aromatic carbocycles. The van der Waals surface area contributed by atoms with Gasteiger partial charge in [-0.1, -0.05) is 24.3 Å². The minimum atomic E-state index is -0.0355. The smallest absolute Gasteiger partial charge is 0.273 e. The van der Waals surface area contributed by atoms with Crippen molar-refractivity contribution in [1.29, 1.82) is 0 Å². The van der Waals surface area contributed by atoms with E-state index in [4.69, 9.17) is 5.73 Å². The van der Waals surface area contributed by atoms with Crippen LogP contribution in [0.3, 0.4) is 0 Å². The first-order valence-electron chi connectivity index (χ1n) is 6.64. The fourth-order valence-corrected chi connectivity index (χ4v) is 2.63. The van der Waals surface area contributed by atoms with Gasteiger partial charge in [-0.15, -0.1) is 23.7 Å². The van der Waals surface area contributed by atoms with Gasteiger partial charge < -0.3 is 10.6 Å². The van der Waals surface area contributed by atoms with Crippen molar-refractivity contribution in [3.05, 3.63) is 51.5 Å². The molecular formula is C15H20ClN3OS. The van der Waals surface area contributed by atoms with E-state index < -0.39 is 0 Å². The first-order chi connectivity index (χ1) is 9.65. The molecule has 0 spiro atoms. The topological polar surface area (TPSA) is 59.2 Å². The van der Waals surface area contributed by atoms with E-state index >= 15 is 0 Å². The average Bonchev–Trinajstić information content (AvgIpc) is 2.94. The van der Waals surface area contributed by atoms with E-state index in [9.17, 15) is 4.79 Å². The molecule has 0 saturated heterocycles. The molecule has 1 heterocycles. The predicted octanol–water partition coefficient (Wildman–Crippen LogP) is 2.99. The fourth-order valence-electron chi connectivity index (χ4n) is 1.99. The summed E-state index contributed by atoms with van der Waals surface area (Å²) in [5.74, 6) is -0.0355. The number of amides is 1. The molecular weight excluding hydrogens is 306 g/mol. The Hall–Kier alpha value is -1.43. The number of nitrogens with two attached hydrogens (primary N) is 1. The largest absolute Gasteiger partial charge is 0.333 e. The Bertz CT molecular complexity index is 600. The average molecular weight is 326 g/mol. The standard InChI is InChI=1S/C15H19N3OS.ClH/c1-3-18(9-12-7-5-4-6-11(12)2)15(19)13-10-20-14(8-16)17-13;/h4-7,10H,3,8-9,16H2,1-2H3;1H. The molecule has 0 aliphatic carbocycles. The van der Waals surface area contributed by atoms with Crippen molar-refractivity contribution in [3.8, 4) is 0 Å². The summed E-state index contributed by atoms with van der Waals surface area (Å²) < 4.78 is 0. The van der Waals surface area contributed by atoms with E-state index in [-0.39, 0.29) is 18.3 Å². The summed E-state index contributed by atoms with van der Waals surface area (Å²) in [5.41, 5.74) is 8.39. The first kappa shape index (κ1) is 17.6. The van der Waals surface area contributed by atoms with Crippen LogP contribution in [0.4, 0.5) is 0 Å². The Labute approximate surface area is 135 Å². The van der Waals surface area contributed by atoms with Crippen LogP contribution in [0, 0.1) is 6.92 Å². The first-order valence-corrected chi connectivity index (χ1v) is 7.52. The van der Waals surface area contributed by atoms with E-state index in [1.54, 1.807) is 10.3 Å². The Morgan fingerprint density at radius 2 is 2.10 bits per heavy atom. The zero-order valence-electron chi connectivity index (χ0n) is 12.2. The highest BCUT2D eigenvalue weighted by Crippen LogP contribution is 2.15. The zero-order valence-corrected chi connectivity index (χ0v) is 13.8. The van der Waals surface area contributed by atoms with Gasteiger partial charge in [0, 0.05) is 25.0 Å². The van der Waals surface area contributed by atoms with E-state index in [2.05, 4.69) is 24.0 Å². The molecule has 21 heavy (non-hydrogen) atoms. The van der Waals surface area contributed by atoms with Crippen LogP contribution >= 0.6 is 23.7 Å². The van der Waals surface area contributed by atoms with Gasteiger partial charge in [0.1, 0.15) is 10.7 Å². The number of aryl methyl sites for hydroxylation is 1. The van der Waals surface area contributed by atoms with Crippen LogP contribution < -0.4 is 5.73 Å². The number of carbonyl (C=O) groups excluding carboxylic acids is 1. The molecule has 0 aliphatic rings. The van der Waals surface area contributed by atoms with Crippen molar-refractivity contribution in [2.45, 2.75) is 26.9 Å². The second-order valence-corrected chi connectivity index (χ2v) is 5.52. The van der Waals surface area contributed by atoms with Crippen molar-refractivity contribution >= 4 is 29.7 Å². The third kappa shape index (κ3) is 4.27. The van der Waals surface area contributed by atoms with Gasteiger partial charge in [-0.25, -0.2) is 4.98 Å². The van der Waals surface area contributed by atoms with Crippen LogP contribution in [0.25, 0.3) is 0 Å². The Kier molecular flexibility index (Phi) is 6.81. The van der Waals surface area contributed by atoms with Crippen molar-refractivity contribution < 1.29 is 4.79 Å². The summed E-state index contributed by atoms with van der Waals surface area (Å²) in [4.78, 5) is 18.5. The highest BCUT2D eigenvalue weighted by Gasteiger charge is 2.18. The number of carbonyl (C=O) groups is 1. The Balaban J connectivity index is 0.00000220. The molecule has 0 saturated carbocycles. The quantitative estimate of drug-likeness (QED) is 0.919. The van der Waals surface area contributed by atoms with Crippen LogP contribution in [0.15, 0.2) is 29.6 Å². The van der Waals surface area contributed by atoms with Crippen molar-refractivity contribution in [2.24, 2.45) is 5.73 Å². The molecule has 6 heteroatoms. The predicted molar refractivity (Wildman–Crippen MR) is 88.8 cm³/mol. The molecule has 0 bridgehead atoms. The van der Waals surface area contributed by atoms with E-state index in [0.717, 1.165) is 10.6 Å². The highest BCUT2D eigenvalue weighted by molar-refractivity contribution is 7.09. The second-order valence-electron chi connectivity index (χ2n) is 4.58. The number of hydrogen-bond donors (Lipinski definition) is 1. The number of aromatic nitrogens is 1. The van der Waals surface area contributed by atoms with Gasteiger partial charge in [-0.05, 0) is 25.0 Å². The third-order valence-electron chi connectivity index (χ3n) is 3.24. The summed E-state index contributed by atoms with van der Waals surface area (Å²) >= 11 is 1.43. The maximum Gasteiger partial charge on any atom is 0.273 e. The highest BCUT2D eigenvalue weighted by atomic mass is 35.5. The number of thiazole rings is 1. The molecule has 2 aromatic rings. The molecule has 1 amide bonds. The number of benzene rings is 1. The molecule has 2 rings (SSSR count). The van der Waals surface area contributed by atoms with E-state index in [1.165, 1.54) is 16.9 Å². The maximum atomic E-state index is 12.5. The molecule has 4 nitrogen and oxygen atoms in total. The van der Waals surface area contributed by atoms with Crippen molar-refractivity contribution in [2.75, 3.05) is 6.54 Å². The lowest BCUT2D eigenvalue weighted by atomic mass is 10.1. The van der Waals surface area contributed by atoms with E-state index in [0.29, 0.717) is 25.3 Å². The summed E-state index contributed by atoms with van der Waals surface area (Å²) in [6.45, 7) is 5.68. The zero-order chi connectivity index (χ0) is 14.5. The van der Waals surface area contributed by atoms with Gasteiger partial charge in [0.15, 0.2) is 0 Å². The fraction of sp³-hybridized carbons (Fsp3) is 0.333. The SMILES string of the molecule is CCN(Cc1ccccc1C)C(=O)c1csc(CN)n1.Cl. The van der Waals surface area contributed by atoms with Gasteiger partial charge in [-0.3, -0.25) is 4.79 Å². The molecule has 1 aromatic heterocycles. The van der Waals surface area contributed by atoms with Crippen LogP contribution in [-0.4, -0.2) is 22.3 Å². The maximum absolute atomic E-state index is 12.5. The Morgan fingerprint density at radius 3 is 2.67 bits per heavy atom. The van der Waals surface area contributed by atoms with Gasteiger partial charge in [0.2, 0.25) is 0 Å². The monoisotopic (exact) mass is 325 g/mol. The molecule has 114 valence electrons. The van der Waals surface area contributed by atoms with Crippen molar-refractivity contribution in [3.63, 3.8) is 0 Å². The molecule has 0 fully saturated rings.